The van der Waals surface area contributed by atoms with E-state index in [1.54, 1.807) is 12.1 Å². The molecular formula is C34H37N8+. The second kappa shape index (κ2) is 13.5. The van der Waals surface area contributed by atoms with Crippen LogP contribution in [0.5, 0.6) is 0 Å². The third-order valence-corrected chi connectivity index (χ3v) is 7.14. The first-order valence-electron chi connectivity index (χ1n) is 14.1. The van der Waals surface area contributed by atoms with Gasteiger partial charge in [0, 0.05) is 22.3 Å². The van der Waals surface area contributed by atoms with Gasteiger partial charge < -0.3 is 0 Å². The van der Waals surface area contributed by atoms with Crippen molar-refractivity contribution in [2.45, 2.75) is 79.1 Å². The summed E-state index contributed by atoms with van der Waals surface area (Å²) in [6, 6.07) is 18.0. The molecule has 1 N–H and O–H groups in total. The van der Waals surface area contributed by atoms with Gasteiger partial charge >= 0.3 is 5.82 Å². The summed E-state index contributed by atoms with van der Waals surface area (Å²) in [5.41, 5.74) is 5.68. The van der Waals surface area contributed by atoms with Crippen LogP contribution in [-0.4, -0.2) is 21.9 Å². The third-order valence-electron chi connectivity index (χ3n) is 7.14. The number of nitrogens with one attached hydrogen (secondary N) is 1. The molecule has 0 radical (unpaired) electrons. The monoisotopic (exact) mass is 557 g/mol. The Kier molecular flexibility index (Phi) is 10.1. The smallest absolute Gasteiger partial charge is 0.257 e. The zero-order valence-electron chi connectivity index (χ0n) is 25.6. The Hall–Kier alpha value is -5.09. The van der Waals surface area contributed by atoms with E-state index in [4.69, 9.17) is 5.41 Å². The Morgan fingerprint density at radius 3 is 1.62 bits per heavy atom. The highest BCUT2D eigenvalue weighted by Crippen LogP contribution is 2.34. The number of hydrogen-bond donors (Lipinski definition) is 1. The largest absolute Gasteiger partial charge is 0.322 e. The highest BCUT2D eigenvalue weighted by atomic mass is 15.3. The molecular weight excluding hydrogens is 520 g/mol. The lowest BCUT2D eigenvalue weighted by Crippen LogP contribution is -2.40. The van der Waals surface area contributed by atoms with E-state index in [9.17, 15) is 15.8 Å². The van der Waals surface area contributed by atoms with Gasteiger partial charge in [-0.25, -0.2) is 0 Å². The predicted molar refractivity (Wildman–Crippen MR) is 166 cm³/mol. The molecule has 3 aromatic rings. The summed E-state index contributed by atoms with van der Waals surface area (Å²) in [7, 11) is 0. The molecule has 1 aromatic heterocycles. The Bertz CT molecular complexity index is 1570. The van der Waals surface area contributed by atoms with E-state index >= 15 is 0 Å². The van der Waals surface area contributed by atoms with Crippen LogP contribution in [0.2, 0.25) is 0 Å². The van der Waals surface area contributed by atoms with E-state index in [2.05, 4.69) is 108 Å². The molecule has 0 amide bonds. The van der Waals surface area contributed by atoms with E-state index in [0.29, 0.717) is 5.82 Å². The Labute approximate surface area is 248 Å². The lowest BCUT2D eigenvalue weighted by atomic mass is 9.92. The average Bonchev–Trinajstić information content (AvgIpc) is 3.40. The van der Waals surface area contributed by atoms with E-state index in [1.165, 1.54) is 0 Å². The maximum absolute atomic E-state index is 10.1. The molecule has 1 heterocycles. The highest BCUT2D eigenvalue weighted by Gasteiger charge is 2.34. The summed E-state index contributed by atoms with van der Waals surface area (Å²) in [4.78, 5) is 0. The number of para-hydroxylation sites is 2. The van der Waals surface area contributed by atoms with Gasteiger partial charge in [0.1, 0.15) is 47.5 Å². The minimum absolute atomic E-state index is 0.0297. The van der Waals surface area contributed by atoms with Gasteiger partial charge in [-0.3, -0.25) is 5.41 Å². The van der Waals surface area contributed by atoms with Gasteiger partial charge in [0.05, 0.1) is 0 Å². The number of nitrogens with zero attached hydrogens (tertiary/aromatic N) is 7. The Morgan fingerprint density at radius 1 is 0.738 bits per heavy atom. The van der Waals surface area contributed by atoms with Crippen molar-refractivity contribution < 1.29 is 4.57 Å². The Balaban J connectivity index is 2.70. The SMILES string of the molecule is CC(C)c1cccc(C(C)C)c1-n1cc[n+](-c2c(C(C)C)cccc2C(C)C)c1/C(=N/N=C(C#N)C#N)C(=C=N)C#N. The van der Waals surface area contributed by atoms with Crippen LogP contribution >= 0.6 is 0 Å². The third kappa shape index (κ3) is 6.13. The fourth-order valence-corrected chi connectivity index (χ4v) is 5.08. The summed E-state index contributed by atoms with van der Waals surface area (Å²) < 4.78 is 3.99. The molecule has 42 heavy (non-hydrogen) atoms. The van der Waals surface area contributed by atoms with Crippen LogP contribution in [0.4, 0.5) is 0 Å². The van der Waals surface area contributed by atoms with Gasteiger partial charge in [-0.1, -0.05) is 91.8 Å². The molecule has 0 unspecified atom stereocenters. The molecule has 0 saturated heterocycles. The minimum atomic E-state index is -0.463. The molecule has 2 aromatic carbocycles. The number of rotatable bonds is 9. The van der Waals surface area contributed by atoms with Gasteiger partial charge in [-0.15, -0.1) is 10.2 Å². The van der Waals surface area contributed by atoms with Crippen LogP contribution in [0.1, 0.15) is 107 Å². The number of allylic oxidation sites excluding steroid dienone is 1. The molecule has 8 heteroatoms. The molecule has 0 atom stereocenters. The van der Waals surface area contributed by atoms with Gasteiger partial charge in [-0.05, 0) is 29.5 Å². The van der Waals surface area contributed by atoms with Crippen LogP contribution in [0.15, 0.2) is 64.6 Å². The van der Waals surface area contributed by atoms with Crippen molar-refractivity contribution in [3.63, 3.8) is 0 Å². The van der Waals surface area contributed by atoms with E-state index < -0.39 is 5.71 Å². The van der Waals surface area contributed by atoms with Crippen molar-refractivity contribution in [3.8, 4) is 29.6 Å². The summed E-state index contributed by atoms with van der Waals surface area (Å²) in [6.07, 6.45) is 3.88. The second-order valence-electron chi connectivity index (χ2n) is 11.3. The van der Waals surface area contributed by atoms with Crippen LogP contribution in [-0.2, 0) is 0 Å². The summed E-state index contributed by atoms with van der Waals surface area (Å²) in [5.74, 6) is 3.38. The molecule has 8 nitrogen and oxygen atoms in total. The predicted octanol–water partition coefficient (Wildman–Crippen LogP) is 7.14. The Morgan fingerprint density at radius 2 is 1.21 bits per heavy atom. The molecule has 0 aliphatic rings. The van der Waals surface area contributed by atoms with E-state index in [-0.39, 0.29) is 35.0 Å². The van der Waals surface area contributed by atoms with Crippen molar-refractivity contribution in [1.29, 1.82) is 21.2 Å². The molecule has 212 valence electrons. The van der Waals surface area contributed by atoms with Gasteiger partial charge in [0.2, 0.25) is 11.4 Å². The fraction of sp³-hybridized carbons (Fsp3) is 0.353. The number of imidazole rings is 1. The van der Waals surface area contributed by atoms with Crippen molar-refractivity contribution in [1.82, 2.24) is 4.57 Å². The van der Waals surface area contributed by atoms with Gasteiger partial charge in [0.15, 0.2) is 0 Å². The van der Waals surface area contributed by atoms with Crippen LogP contribution < -0.4 is 4.57 Å². The molecule has 0 aliphatic carbocycles. The first-order valence-corrected chi connectivity index (χ1v) is 14.1. The highest BCUT2D eigenvalue weighted by molar-refractivity contribution is 6.18. The summed E-state index contributed by atoms with van der Waals surface area (Å²) in [5, 5.41) is 45.0. The standard InChI is InChI=1S/C34H37N8/c1-21(2)27-11-9-12-28(22(3)4)32(27)41-15-16-42(33-29(23(5)6)13-10-14-30(33)24(7)8)34(41)31(25(17-35)18-36)40-39-26(19-37)20-38/h9-16,21-24,35H,1-8H3/q+1. The summed E-state index contributed by atoms with van der Waals surface area (Å²) in [6.45, 7) is 17.1. The second-order valence-corrected chi connectivity index (χ2v) is 11.3. The molecule has 0 bridgehead atoms. The topological polar surface area (TPSA) is 129 Å². The molecule has 0 spiro atoms. The van der Waals surface area contributed by atoms with Crippen molar-refractivity contribution in [2.24, 2.45) is 10.2 Å². The van der Waals surface area contributed by atoms with Crippen LogP contribution in [0.3, 0.4) is 0 Å². The zero-order chi connectivity index (χ0) is 31.1. The van der Waals surface area contributed by atoms with Crippen molar-refractivity contribution in [2.75, 3.05) is 0 Å². The number of hydrogen-bond acceptors (Lipinski definition) is 6. The fourth-order valence-electron chi connectivity index (χ4n) is 5.08. The molecule has 0 saturated carbocycles. The quantitative estimate of drug-likeness (QED) is 0.130. The van der Waals surface area contributed by atoms with Crippen LogP contribution in [0, 0.1) is 39.4 Å². The zero-order valence-corrected chi connectivity index (χ0v) is 25.6. The van der Waals surface area contributed by atoms with E-state index in [1.807, 2.05) is 27.6 Å². The van der Waals surface area contributed by atoms with Gasteiger partial charge in [-0.2, -0.15) is 24.9 Å². The van der Waals surface area contributed by atoms with Crippen molar-refractivity contribution >= 4 is 17.3 Å². The van der Waals surface area contributed by atoms with Gasteiger partial charge in [0.25, 0.3) is 0 Å². The maximum atomic E-state index is 10.1. The first-order chi connectivity index (χ1) is 20.0. The minimum Gasteiger partial charge on any atom is -0.257 e. The number of benzene rings is 2. The van der Waals surface area contributed by atoms with Crippen molar-refractivity contribution in [3.05, 3.63) is 82.4 Å². The number of nitriles is 3. The molecule has 3 rings (SSSR count). The van der Waals surface area contributed by atoms with Crippen LogP contribution in [0.25, 0.3) is 11.4 Å². The lowest BCUT2D eigenvalue weighted by Gasteiger charge is -2.20. The normalized spacial score (nSPS) is 11.3. The molecule has 0 aliphatic heterocycles. The number of aromatic nitrogens is 2. The lowest BCUT2D eigenvalue weighted by molar-refractivity contribution is -0.597. The molecule has 0 fully saturated rings. The maximum Gasteiger partial charge on any atom is 0.322 e. The van der Waals surface area contributed by atoms with E-state index in [0.717, 1.165) is 33.6 Å². The summed E-state index contributed by atoms with van der Waals surface area (Å²) >= 11 is 0. The average molecular weight is 558 g/mol. The first kappa shape index (κ1) is 31.4.